The van der Waals surface area contributed by atoms with Crippen LogP contribution in [0.2, 0.25) is 0 Å². The highest BCUT2D eigenvalue weighted by Gasteiger charge is 2.27. The lowest BCUT2D eigenvalue weighted by molar-refractivity contribution is 0.0833. The van der Waals surface area contributed by atoms with Crippen molar-refractivity contribution in [2.45, 2.75) is 44.9 Å². The van der Waals surface area contributed by atoms with E-state index in [0.717, 1.165) is 12.8 Å². The van der Waals surface area contributed by atoms with Gasteiger partial charge < -0.3 is 20.5 Å². The predicted molar refractivity (Wildman–Crippen MR) is 67.8 cm³/mol. The lowest BCUT2D eigenvalue weighted by Crippen LogP contribution is -2.39. The Hall–Kier alpha value is -1.63. The van der Waals surface area contributed by atoms with Crippen molar-refractivity contribution in [1.82, 2.24) is 15.0 Å². The molecule has 0 aliphatic heterocycles. The molecule has 1 aromatic rings. The highest BCUT2D eigenvalue weighted by Crippen LogP contribution is 2.23. The van der Waals surface area contributed by atoms with Crippen LogP contribution in [0.15, 0.2) is 0 Å². The second-order valence-electron chi connectivity index (χ2n) is 4.65. The third-order valence-electron chi connectivity index (χ3n) is 2.63. The number of aliphatic hydroxyl groups is 1. The molecule has 18 heavy (non-hydrogen) atoms. The van der Waals surface area contributed by atoms with Crippen molar-refractivity contribution in [1.29, 1.82) is 0 Å². The average Bonchev–Trinajstić information content (AvgIpc) is 2.25. The van der Waals surface area contributed by atoms with E-state index >= 15 is 0 Å². The minimum absolute atomic E-state index is 0.00970. The Bertz CT molecular complexity index is 406. The first-order valence-corrected chi connectivity index (χ1v) is 6.12. The van der Waals surface area contributed by atoms with Gasteiger partial charge >= 0.3 is 6.01 Å². The Labute approximate surface area is 106 Å². The molecule has 0 aromatic carbocycles. The first kappa shape index (κ1) is 12.8. The van der Waals surface area contributed by atoms with Gasteiger partial charge in [0, 0.05) is 13.1 Å². The fourth-order valence-electron chi connectivity index (χ4n) is 1.68. The molecule has 0 amide bonds. The quantitative estimate of drug-likeness (QED) is 0.709. The van der Waals surface area contributed by atoms with Gasteiger partial charge in [-0.25, -0.2) is 0 Å². The normalized spacial score (nSPS) is 22.5. The smallest absolute Gasteiger partial charge is 0.323 e. The molecule has 1 fully saturated rings. The van der Waals surface area contributed by atoms with Gasteiger partial charge in [-0.05, 0) is 26.7 Å². The molecule has 7 nitrogen and oxygen atoms in total. The summed E-state index contributed by atoms with van der Waals surface area (Å²) in [7, 11) is 1.74. The first-order valence-electron chi connectivity index (χ1n) is 6.12. The molecule has 1 heterocycles. The van der Waals surface area contributed by atoms with Crippen LogP contribution in [0.3, 0.4) is 0 Å². The molecular weight excluding hydrogens is 234 g/mol. The molecule has 1 aliphatic carbocycles. The van der Waals surface area contributed by atoms with E-state index in [1.807, 2.05) is 13.8 Å². The predicted octanol–water partition coefficient (Wildman–Crippen LogP) is 0.636. The number of hydrogen-bond acceptors (Lipinski definition) is 7. The van der Waals surface area contributed by atoms with Gasteiger partial charge in [-0.2, -0.15) is 15.0 Å². The van der Waals surface area contributed by atoms with Gasteiger partial charge in [0.25, 0.3) is 0 Å². The monoisotopic (exact) mass is 253 g/mol. The highest BCUT2D eigenvalue weighted by atomic mass is 16.5. The summed E-state index contributed by atoms with van der Waals surface area (Å²) in [6.45, 7) is 3.83. The van der Waals surface area contributed by atoms with E-state index in [-0.39, 0.29) is 18.2 Å². The summed E-state index contributed by atoms with van der Waals surface area (Å²) in [5, 5.41) is 15.3. The third kappa shape index (κ3) is 3.19. The third-order valence-corrected chi connectivity index (χ3v) is 2.63. The zero-order chi connectivity index (χ0) is 13.1. The topological polar surface area (TPSA) is 92.2 Å². The second kappa shape index (κ2) is 5.34. The van der Waals surface area contributed by atoms with Crippen molar-refractivity contribution < 1.29 is 9.84 Å². The summed E-state index contributed by atoms with van der Waals surface area (Å²) >= 11 is 0. The lowest BCUT2D eigenvalue weighted by atomic mass is 9.90. The van der Waals surface area contributed by atoms with Crippen LogP contribution in [0.1, 0.15) is 26.7 Å². The molecule has 0 saturated heterocycles. The van der Waals surface area contributed by atoms with E-state index in [4.69, 9.17) is 4.74 Å². The summed E-state index contributed by atoms with van der Waals surface area (Å²) in [6, 6.07) is 0.519. The van der Waals surface area contributed by atoms with Crippen molar-refractivity contribution in [2.75, 3.05) is 17.7 Å². The van der Waals surface area contributed by atoms with Gasteiger partial charge in [0.2, 0.25) is 11.9 Å². The number of ether oxygens (including phenoxy) is 1. The van der Waals surface area contributed by atoms with Gasteiger partial charge in [0.05, 0.1) is 12.2 Å². The second-order valence-corrected chi connectivity index (χ2v) is 4.65. The standard InChI is InChI=1S/C11H19N5O2/c1-6(2)18-11-15-9(12-3)14-10(16-11)13-7-4-8(17)5-7/h6-8,17H,4-5H2,1-3H3,(H2,12,13,14,15,16). The van der Waals surface area contributed by atoms with Gasteiger partial charge in [0.15, 0.2) is 0 Å². The Morgan fingerprint density at radius 3 is 2.44 bits per heavy atom. The van der Waals surface area contributed by atoms with Crippen LogP contribution in [0.25, 0.3) is 0 Å². The van der Waals surface area contributed by atoms with E-state index in [1.54, 1.807) is 7.05 Å². The molecule has 1 saturated carbocycles. The Morgan fingerprint density at radius 2 is 1.89 bits per heavy atom. The molecule has 0 atom stereocenters. The van der Waals surface area contributed by atoms with Crippen LogP contribution in [0.5, 0.6) is 6.01 Å². The summed E-state index contributed by atoms with van der Waals surface area (Å²) < 4.78 is 5.46. The molecule has 0 unspecified atom stereocenters. The van der Waals surface area contributed by atoms with Gasteiger partial charge in [-0.3, -0.25) is 0 Å². The summed E-state index contributed by atoms with van der Waals surface area (Å²) in [6.07, 6.45) is 1.25. The minimum Gasteiger partial charge on any atom is -0.461 e. The molecule has 2 rings (SSSR count). The maximum absolute atomic E-state index is 9.24. The van der Waals surface area contributed by atoms with Crippen LogP contribution in [0.4, 0.5) is 11.9 Å². The number of rotatable bonds is 5. The zero-order valence-corrected chi connectivity index (χ0v) is 10.8. The number of aliphatic hydroxyl groups excluding tert-OH is 1. The zero-order valence-electron chi connectivity index (χ0n) is 10.8. The first-order chi connectivity index (χ1) is 8.56. The van der Waals surface area contributed by atoms with Crippen molar-refractivity contribution in [2.24, 2.45) is 0 Å². The Kier molecular flexibility index (Phi) is 3.81. The lowest BCUT2D eigenvalue weighted by Gasteiger charge is -2.31. The molecule has 3 N–H and O–H groups in total. The van der Waals surface area contributed by atoms with Crippen LogP contribution in [-0.4, -0.2) is 45.4 Å². The maximum atomic E-state index is 9.24. The van der Waals surface area contributed by atoms with Crippen LogP contribution in [-0.2, 0) is 0 Å². The number of hydrogen-bond donors (Lipinski definition) is 3. The van der Waals surface area contributed by atoms with E-state index in [2.05, 4.69) is 25.6 Å². The van der Waals surface area contributed by atoms with Gasteiger partial charge in [-0.1, -0.05) is 0 Å². The van der Waals surface area contributed by atoms with Crippen molar-refractivity contribution in [3.63, 3.8) is 0 Å². The SMILES string of the molecule is CNc1nc(NC2CC(O)C2)nc(OC(C)C)n1. The average molecular weight is 253 g/mol. The molecule has 0 bridgehead atoms. The Morgan fingerprint density at radius 1 is 1.22 bits per heavy atom. The number of nitrogens with zero attached hydrogens (tertiary/aromatic N) is 3. The molecule has 100 valence electrons. The Balaban J connectivity index is 2.08. The summed E-state index contributed by atoms with van der Waals surface area (Å²) in [4.78, 5) is 12.5. The molecule has 1 aliphatic rings. The van der Waals surface area contributed by atoms with Crippen LogP contribution >= 0.6 is 0 Å². The van der Waals surface area contributed by atoms with E-state index in [9.17, 15) is 5.11 Å². The van der Waals surface area contributed by atoms with E-state index in [1.165, 1.54) is 0 Å². The van der Waals surface area contributed by atoms with Crippen molar-refractivity contribution >= 4 is 11.9 Å². The summed E-state index contributed by atoms with van der Waals surface area (Å²) in [5.41, 5.74) is 0. The van der Waals surface area contributed by atoms with Crippen LogP contribution < -0.4 is 15.4 Å². The van der Waals surface area contributed by atoms with Gasteiger partial charge in [-0.15, -0.1) is 0 Å². The maximum Gasteiger partial charge on any atom is 0.323 e. The summed E-state index contributed by atoms with van der Waals surface area (Å²) in [5.74, 6) is 0.935. The molecule has 1 aromatic heterocycles. The van der Waals surface area contributed by atoms with Crippen LogP contribution in [0, 0.1) is 0 Å². The van der Waals surface area contributed by atoms with Crippen molar-refractivity contribution in [3.05, 3.63) is 0 Å². The van der Waals surface area contributed by atoms with Crippen molar-refractivity contribution in [3.8, 4) is 6.01 Å². The van der Waals surface area contributed by atoms with Gasteiger partial charge in [0.1, 0.15) is 0 Å². The fraction of sp³-hybridized carbons (Fsp3) is 0.727. The molecular formula is C11H19N5O2. The highest BCUT2D eigenvalue weighted by molar-refractivity contribution is 5.36. The number of nitrogens with one attached hydrogen (secondary N) is 2. The molecule has 7 heteroatoms. The van der Waals surface area contributed by atoms with E-state index in [0.29, 0.717) is 17.9 Å². The fourth-order valence-corrected chi connectivity index (χ4v) is 1.68. The molecule has 0 radical (unpaired) electrons. The largest absolute Gasteiger partial charge is 0.461 e. The number of aromatic nitrogens is 3. The molecule has 0 spiro atoms. The number of anilines is 2. The minimum atomic E-state index is -0.209. The van der Waals surface area contributed by atoms with E-state index < -0.39 is 0 Å².